The molecule has 1 heterocycles. The minimum atomic E-state index is -0.321. The molecule has 5 nitrogen and oxygen atoms in total. The summed E-state index contributed by atoms with van der Waals surface area (Å²) in [7, 11) is 0. The summed E-state index contributed by atoms with van der Waals surface area (Å²) in [5.41, 5.74) is 3.06. The topological polar surface area (TPSA) is 72.5 Å². The van der Waals surface area contributed by atoms with Crippen LogP contribution in [0, 0.1) is 14.9 Å². The molecule has 0 saturated carbocycles. The molecule has 0 aliphatic rings. The summed E-state index contributed by atoms with van der Waals surface area (Å²) < 4.78 is 17.9. The van der Waals surface area contributed by atoms with Crippen molar-refractivity contribution in [2.24, 2.45) is 0 Å². The van der Waals surface area contributed by atoms with Gasteiger partial charge in [0.2, 0.25) is 0 Å². The Kier molecular flexibility index (Phi) is 6.57. The monoisotopic (exact) mass is 489 g/mol. The number of halogens is 1. The highest BCUT2D eigenvalue weighted by Gasteiger charge is 2.13. The van der Waals surface area contributed by atoms with Crippen LogP contribution in [-0.2, 0) is 29.0 Å². The van der Waals surface area contributed by atoms with Gasteiger partial charge < -0.3 is 13.9 Å². The van der Waals surface area contributed by atoms with Gasteiger partial charge in [0, 0.05) is 17.4 Å². The van der Waals surface area contributed by atoms with Gasteiger partial charge in [-0.15, -0.1) is 0 Å². The number of nitriles is 1. The van der Waals surface area contributed by atoms with Crippen LogP contribution in [-0.4, -0.2) is 12.6 Å². The lowest BCUT2D eigenvalue weighted by atomic mass is 10.1. The van der Waals surface area contributed by atoms with Gasteiger partial charge in [-0.25, -0.2) is 0 Å². The molecule has 0 saturated heterocycles. The Morgan fingerprint density at radius 1 is 1.21 bits per heavy atom. The van der Waals surface area contributed by atoms with E-state index in [0.29, 0.717) is 30.1 Å². The van der Waals surface area contributed by atoms with Gasteiger partial charge in [0.15, 0.2) is 0 Å². The lowest BCUT2D eigenvalue weighted by Crippen LogP contribution is -2.09. The second kappa shape index (κ2) is 9.11. The molecular weight excluding hydrogens is 469 g/mol. The zero-order valence-electron chi connectivity index (χ0n) is 15.8. The minimum absolute atomic E-state index is 0.104. The lowest BCUT2D eigenvalue weighted by molar-refractivity contribution is -0.142. The van der Waals surface area contributed by atoms with Crippen molar-refractivity contribution in [2.75, 3.05) is 6.61 Å². The van der Waals surface area contributed by atoms with Crippen molar-refractivity contribution in [2.45, 2.75) is 33.3 Å². The number of fused-ring (bicyclic) bond motifs is 1. The minimum Gasteiger partial charge on any atom is -0.489 e. The summed E-state index contributed by atoms with van der Waals surface area (Å²) in [6.45, 7) is 4.48. The van der Waals surface area contributed by atoms with Crippen molar-refractivity contribution in [1.82, 2.24) is 0 Å². The van der Waals surface area contributed by atoms with Gasteiger partial charge in [0.05, 0.1) is 28.2 Å². The van der Waals surface area contributed by atoms with Gasteiger partial charge in [-0.2, -0.15) is 5.26 Å². The second-order valence-electron chi connectivity index (χ2n) is 6.27. The van der Waals surface area contributed by atoms with E-state index in [2.05, 4.69) is 35.6 Å². The number of nitrogens with zero attached hydrogens (tertiary/aromatic N) is 1. The lowest BCUT2D eigenvalue weighted by Gasteiger charge is -2.12. The molecule has 6 heteroatoms. The Hall–Kier alpha value is -2.53. The van der Waals surface area contributed by atoms with E-state index < -0.39 is 0 Å². The third-order valence-corrected chi connectivity index (χ3v) is 5.06. The molecular formula is C22H20INO4. The molecule has 0 aliphatic carbocycles. The van der Waals surface area contributed by atoms with E-state index in [9.17, 15) is 10.1 Å². The number of furan rings is 1. The highest BCUT2D eigenvalue weighted by atomic mass is 127. The number of ether oxygens (including phenoxy) is 2. The molecule has 144 valence electrons. The molecule has 1 aromatic heterocycles. The SMILES string of the molecule is CCOC(=O)Cc1ccc(C#N)cc1OCc1cc(I)c2oc(CC)cc2c1. The van der Waals surface area contributed by atoms with E-state index in [4.69, 9.17) is 13.9 Å². The number of aryl methyl sites for hydroxylation is 1. The zero-order chi connectivity index (χ0) is 20.1. The van der Waals surface area contributed by atoms with Crippen LogP contribution >= 0.6 is 22.6 Å². The van der Waals surface area contributed by atoms with E-state index in [0.717, 1.165) is 32.3 Å². The fraction of sp³-hybridized carbons (Fsp3) is 0.273. The Morgan fingerprint density at radius 2 is 2.04 bits per heavy atom. The molecule has 0 bridgehead atoms. The molecule has 0 fully saturated rings. The predicted molar refractivity (Wildman–Crippen MR) is 114 cm³/mol. The Morgan fingerprint density at radius 3 is 2.75 bits per heavy atom. The fourth-order valence-corrected chi connectivity index (χ4v) is 3.73. The van der Waals surface area contributed by atoms with Crippen molar-refractivity contribution < 1.29 is 18.7 Å². The molecule has 0 amide bonds. The van der Waals surface area contributed by atoms with Crippen LogP contribution in [0.25, 0.3) is 11.0 Å². The first-order valence-corrected chi connectivity index (χ1v) is 10.1. The molecule has 0 aliphatic heterocycles. The van der Waals surface area contributed by atoms with Crippen LogP contribution in [0.5, 0.6) is 5.75 Å². The fourth-order valence-electron chi connectivity index (χ4n) is 2.91. The van der Waals surface area contributed by atoms with Crippen LogP contribution in [0.2, 0.25) is 0 Å². The largest absolute Gasteiger partial charge is 0.489 e. The summed E-state index contributed by atoms with van der Waals surface area (Å²) in [5.74, 6) is 1.14. The van der Waals surface area contributed by atoms with Crippen LogP contribution in [0.3, 0.4) is 0 Å². The molecule has 0 spiro atoms. The van der Waals surface area contributed by atoms with E-state index in [-0.39, 0.29) is 12.4 Å². The Bertz CT molecular complexity index is 1050. The molecule has 0 N–H and O–H groups in total. The van der Waals surface area contributed by atoms with Crippen LogP contribution in [0.15, 0.2) is 40.8 Å². The Labute approximate surface area is 177 Å². The zero-order valence-corrected chi connectivity index (χ0v) is 17.9. The smallest absolute Gasteiger partial charge is 0.310 e. The maximum absolute atomic E-state index is 11.9. The van der Waals surface area contributed by atoms with Gasteiger partial charge >= 0.3 is 5.97 Å². The van der Waals surface area contributed by atoms with E-state index in [1.54, 1.807) is 25.1 Å². The second-order valence-corrected chi connectivity index (χ2v) is 7.43. The van der Waals surface area contributed by atoms with Crippen LogP contribution < -0.4 is 4.74 Å². The van der Waals surface area contributed by atoms with E-state index in [1.165, 1.54) is 0 Å². The van der Waals surface area contributed by atoms with Crippen molar-refractivity contribution in [3.63, 3.8) is 0 Å². The first-order chi connectivity index (χ1) is 13.5. The predicted octanol–water partition coefficient (Wildman–Crippen LogP) is 5.16. The average molecular weight is 489 g/mol. The van der Waals surface area contributed by atoms with Gasteiger partial charge in [-0.3, -0.25) is 4.79 Å². The molecule has 2 aromatic carbocycles. The third-order valence-electron chi connectivity index (χ3n) is 4.26. The quantitative estimate of drug-likeness (QED) is 0.339. The van der Waals surface area contributed by atoms with Gasteiger partial charge in [-0.05, 0) is 65.4 Å². The first kappa shape index (κ1) is 20.2. The van der Waals surface area contributed by atoms with Crippen LogP contribution in [0.4, 0.5) is 0 Å². The number of esters is 1. The standard InChI is InChI=1S/C22H20INO4/c1-3-18-10-17-7-15(8-19(23)22(17)28-18)13-27-20-9-14(12-24)5-6-16(20)11-21(25)26-4-2/h5-10H,3-4,11,13H2,1-2H3. The van der Waals surface area contributed by atoms with Crippen molar-refractivity contribution >= 4 is 39.5 Å². The van der Waals surface area contributed by atoms with Gasteiger partial charge in [0.1, 0.15) is 23.7 Å². The van der Waals surface area contributed by atoms with E-state index >= 15 is 0 Å². The van der Waals surface area contributed by atoms with E-state index in [1.807, 2.05) is 18.2 Å². The molecule has 28 heavy (non-hydrogen) atoms. The highest BCUT2D eigenvalue weighted by molar-refractivity contribution is 14.1. The normalized spacial score (nSPS) is 10.6. The number of carbonyl (C=O) groups excluding carboxylic acids is 1. The Balaban J connectivity index is 1.84. The summed E-state index contributed by atoms with van der Waals surface area (Å²) >= 11 is 2.26. The summed E-state index contributed by atoms with van der Waals surface area (Å²) in [5, 5.41) is 10.2. The number of rotatable bonds is 7. The third kappa shape index (κ3) is 4.65. The number of hydrogen-bond acceptors (Lipinski definition) is 5. The molecule has 0 radical (unpaired) electrons. The summed E-state index contributed by atoms with van der Waals surface area (Å²) in [6, 6.07) is 13.3. The number of benzene rings is 2. The maximum atomic E-state index is 11.9. The molecule has 3 aromatic rings. The van der Waals surface area contributed by atoms with Crippen LogP contribution in [0.1, 0.15) is 36.3 Å². The van der Waals surface area contributed by atoms with Gasteiger partial charge in [-0.1, -0.05) is 13.0 Å². The number of carbonyl (C=O) groups is 1. The first-order valence-electron chi connectivity index (χ1n) is 9.06. The van der Waals surface area contributed by atoms with Crippen molar-refractivity contribution in [1.29, 1.82) is 5.26 Å². The van der Waals surface area contributed by atoms with Crippen molar-refractivity contribution in [3.8, 4) is 11.8 Å². The molecule has 0 unspecified atom stereocenters. The maximum Gasteiger partial charge on any atom is 0.310 e. The highest BCUT2D eigenvalue weighted by Crippen LogP contribution is 2.28. The van der Waals surface area contributed by atoms with Gasteiger partial charge in [0.25, 0.3) is 0 Å². The van der Waals surface area contributed by atoms with Crippen molar-refractivity contribution in [3.05, 3.63) is 62.4 Å². The average Bonchev–Trinajstić information content (AvgIpc) is 3.11. The summed E-state index contributed by atoms with van der Waals surface area (Å²) in [6.07, 6.45) is 0.946. The summed E-state index contributed by atoms with van der Waals surface area (Å²) in [4.78, 5) is 11.9. The number of hydrogen-bond donors (Lipinski definition) is 0. The molecule has 0 atom stereocenters. The molecule has 3 rings (SSSR count).